The number of methoxy groups -OCH3 is 1. The van der Waals surface area contributed by atoms with Gasteiger partial charge in [-0.15, -0.1) is 0 Å². The fraction of sp³-hybridized carbons (Fsp3) is 0.917. The molecular weight excluding hydrogens is 204 g/mol. The Bertz CT molecular complexity index is 241. The predicted octanol–water partition coefficient (Wildman–Crippen LogP) is 1.07. The third kappa shape index (κ3) is 2.74. The van der Waals surface area contributed by atoms with E-state index in [9.17, 15) is 4.79 Å². The fourth-order valence-corrected chi connectivity index (χ4v) is 2.13. The molecule has 1 aliphatic heterocycles. The average Bonchev–Trinajstić information content (AvgIpc) is 2.53. The maximum atomic E-state index is 12.2. The van der Waals surface area contributed by atoms with Gasteiger partial charge in [0.25, 0.3) is 0 Å². The van der Waals surface area contributed by atoms with Gasteiger partial charge in [-0.25, -0.2) is 0 Å². The summed E-state index contributed by atoms with van der Waals surface area (Å²) in [4.78, 5) is 14.1. The molecule has 1 aliphatic rings. The summed E-state index contributed by atoms with van der Waals surface area (Å²) in [6.45, 7) is 9.69. The van der Waals surface area contributed by atoms with Crippen molar-refractivity contribution in [1.29, 1.82) is 0 Å². The minimum Gasteiger partial charge on any atom is -0.383 e. The highest BCUT2D eigenvalue weighted by atomic mass is 16.5. The number of ether oxygens (including phenoxy) is 1. The van der Waals surface area contributed by atoms with Gasteiger partial charge >= 0.3 is 0 Å². The van der Waals surface area contributed by atoms with Gasteiger partial charge < -0.3 is 9.64 Å². The maximum Gasteiger partial charge on any atom is 0.241 e. The van der Waals surface area contributed by atoms with E-state index in [1.165, 1.54) is 0 Å². The second-order valence-electron chi connectivity index (χ2n) is 5.10. The van der Waals surface area contributed by atoms with Crippen LogP contribution in [0.25, 0.3) is 0 Å². The highest BCUT2D eigenvalue weighted by molar-refractivity contribution is 5.84. The zero-order valence-corrected chi connectivity index (χ0v) is 11.0. The molecule has 1 N–H and O–H groups in total. The Kier molecular flexibility index (Phi) is 4.74. The average molecular weight is 228 g/mol. The third-order valence-electron chi connectivity index (χ3n) is 3.07. The molecule has 2 atom stereocenters. The van der Waals surface area contributed by atoms with Crippen LogP contribution < -0.4 is 5.32 Å². The quantitative estimate of drug-likeness (QED) is 0.765. The van der Waals surface area contributed by atoms with Crippen molar-refractivity contribution in [3.05, 3.63) is 0 Å². The van der Waals surface area contributed by atoms with Crippen LogP contribution in [0, 0.1) is 11.8 Å². The van der Waals surface area contributed by atoms with Gasteiger partial charge in [-0.2, -0.15) is 0 Å². The Morgan fingerprint density at radius 1 is 1.31 bits per heavy atom. The molecule has 0 bridgehead atoms. The van der Waals surface area contributed by atoms with Crippen molar-refractivity contribution in [2.45, 2.75) is 39.9 Å². The summed E-state index contributed by atoms with van der Waals surface area (Å²) in [6, 6.07) is -0.0377. The predicted molar refractivity (Wildman–Crippen MR) is 64.0 cm³/mol. The molecule has 0 spiro atoms. The van der Waals surface area contributed by atoms with Crippen LogP contribution in [0.5, 0.6) is 0 Å². The largest absolute Gasteiger partial charge is 0.383 e. The lowest BCUT2D eigenvalue weighted by Gasteiger charge is -2.26. The van der Waals surface area contributed by atoms with E-state index in [0.29, 0.717) is 25.0 Å². The molecule has 0 saturated carbocycles. The van der Waals surface area contributed by atoms with Crippen molar-refractivity contribution in [3.63, 3.8) is 0 Å². The second-order valence-corrected chi connectivity index (χ2v) is 5.10. The number of hydrogen-bond acceptors (Lipinski definition) is 3. The van der Waals surface area contributed by atoms with Gasteiger partial charge in [-0.1, -0.05) is 27.7 Å². The molecule has 16 heavy (non-hydrogen) atoms. The second kappa shape index (κ2) is 5.64. The zero-order valence-electron chi connectivity index (χ0n) is 11.0. The summed E-state index contributed by atoms with van der Waals surface area (Å²) < 4.78 is 5.05. The van der Waals surface area contributed by atoms with Gasteiger partial charge in [0.15, 0.2) is 0 Å². The van der Waals surface area contributed by atoms with Crippen LogP contribution >= 0.6 is 0 Å². The normalized spacial score (nSPS) is 26.2. The first-order chi connectivity index (χ1) is 7.49. The standard InChI is InChI=1S/C12H24N2O2/c1-8(2)10-12(15)14(6-7-16-5)11(13-10)9(3)4/h8-11,13H,6-7H2,1-5H3. The number of rotatable bonds is 5. The highest BCUT2D eigenvalue weighted by Crippen LogP contribution is 2.21. The van der Waals surface area contributed by atoms with Gasteiger partial charge in [-0.05, 0) is 11.8 Å². The topological polar surface area (TPSA) is 41.6 Å². The number of carbonyl (C=O) groups is 1. The molecule has 0 aromatic heterocycles. The van der Waals surface area contributed by atoms with Gasteiger partial charge in [0.05, 0.1) is 18.8 Å². The van der Waals surface area contributed by atoms with Crippen molar-refractivity contribution in [2.75, 3.05) is 20.3 Å². The number of carbonyl (C=O) groups excluding carboxylic acids is 1. The molecule has 1 saturated heterocycles. The van der Waals surface area contributed by atoms with Crippen LogP contribution in [0.4, 0.5) is 0 Å². The maximum absolute atomic E-state index is 12.2. The SMILES string of the molecule is COCCN1C(=O)C(C(C)C)NC1C(C)C. The molecule has 2 unspecified atom stereocenters. The lowest BCUT2D eigenvalue weighted by Crippen LogP contribution is -2.43. The van der Waals surface area contributed by atoms with E-state index in [0.717, 1.165) is 0 Å². The molecule has 4 nitrogen and oxygen atoms in total. The summed E-state index contributed by atoms with van der Waals surface area (Å²) in [6.07, 6.45) is 0.148. The first-order valence-electron chi connectivity index (χ1n) is 6.04. The number of nitrogens with zero attached hydrogens (tertiary/aromatic N) is 1. The van der Waals surface area contributed by atoms with E-state index in [1.54, 1.807) is 7.11 Å². The molecule has 0 radical (unpaired) electrons. The van der Waals surface area contributed by atoms with E-state index in [4.69, 9.17) is 4.74 Å². The van der Waals surface area contributed by atoms with Crippen LogP contribution in [-0.4, -0.2) is 43.3 Å². The smallest absolute Gasteiger partial charge is 0.241 e. The number of nitrogens with one attached hydrogen (secondary N) is 1. The molecule has 1 fully saturated rings. The van der Waals surface area contributed by atoms with Gasteiger partial charge in [0, 0.05) is 13.7 Å². The first-order valence-corrected chi connectivity index (χ1v) is 6.04. The molecule has 94 valence electrons. The Morgan fingerprint density at radius 2 is 1.94 bits per heavy atom. The summed E-state index contributed by atoms with van der Waals surface area (Å²) in [5, 5.41) is 3.42. The Balaban J connectivity index is 2.72. The first kappa shape index (κ1) is 13.5. The van der Waals surface area contributed by atoms with E-state index >= 15 is 0 Å². The van der Waals surface area contributed by atoms with Crippen molar-refractivity contribution in [2.24, 2.45) is 11.8 Å². The lowest BCUT2D eigenvalue weighted by molar-refractivity contribution is -0.131. The molecule has 1 heterocycles. The Hall–Kier alpha value is -0.610. The lowest BCUT2D eigenvalue weighted by atomic mass is 10.1. The minimum atomic E-state index is -0.0377. The monoisotopic (exact) mass is 228 g/mol. The van der Waals surface area contributed by atoms with Crippen molar-refractivity contribution >= 4 is 5.91 Å². The van der Waals surface area contributed by atoms with E-state index in [1.807, 2.05) is 4.90 Å². The van der Waals surface area contributed by atoms with Crippen LogP contribution in [0.15, 0.2) is 0 Å². The summed E-state index contributed by atoms with van der Waals surface area (Å²) in [7, 11) is 1.66. The summed E-state index contributed by atoms with van der Waals surface area (Å²) >= 11 is 0. The zero-order chi connectivity index (χ0) is 12.3. The van der Waals surface area contributed by atoms with Gasteiger partial charge in [0.1, 0.15) is 0 Å². The molecular formula is C12H24N2O2. The molecule has 0 aromatic carbocycles. The van der Waals surface area contributed by atoms with Crippen LogP contribution in [0.2, 0.25) is 0 Å². The Labute approximate surface area is 98.3 Å². The van der Waals surface area contributed by atoms with Crippen LogP contribution in [0.3, 0.4) is 0 Å². The fourth-order valence-electron chi connectivity index (χ4n) is 2.13. The van der Waals surface area contributed by atoms with E-state index < -0.39 is 0 Å². The van der Waals surface area contributed by atoms with Gasteiger partial charge in [-0.3, -0.25) is 10.1 Å². The van der Waals surface area contributed by atoms with Crippen molar-refractivity contribution in [3.8, 4) is 0 Å². The molecule has 1 rings (SSSR count). The van der Waals surface area contributed by atoms with E-state index in [-0.39, 0.29) is 18.1 Å². The Morgan fingerprint density at radius 3 is 2.38 bits per heavy atom. The van der Waals surface area contributed by atoms with Crippen LogP contribution in [0.1, 0.15) is 27.7 Å². The summed E-state index contributed by atoms with van der Waals surface area (Å²) in [5.41, 5.74) is 0. The minimum absolute atomic E-state index is 0.0377. The van der Waals surface area contributed by atoms with Gasteiger partial charge in [0.2, 0.25) is 5.91 Å². The summed E-state index contributed by atoms with van der Waals surface area (Å²) in [5.74, 6) is 0.969. The molecule has 0 aliphatic carbocycles. The third-order valence-corrected chi connectivity index (χ3v) is 3.07. The molecule has 0 aromatic rings. The van der Waals surface area contributed by atoms with Crippen molar-refractivity contribution < 1.29 is 9.53 Å². The highest BCUT2D eigenvalue weighted by Gasteiger charge is 2.40. The van der Waals surface area contributed by atoms with Crippen molar-refractivity contribution in [1.82, 2.24) is 10.2 Å². The molecule has 4 heteroatoms. The van der Waals surface area contributed by atoms with Crippen LogP contribution in [-0.2, 0) is 9.53 Å². The number of hydrogen-bond donors (Lipinski definition) is 1. The molecule has 1 amide bonds. The van der Waals surface area contributed by atoms with E-state index in [2.05, 4.69) is 33.0 Å². The number of amides is 1.